The molecular weight excluding hydrogens is 236 g/mol. The van der Waals surface area contributed by atoms with E-state index in [-0.39, 0.29) is 12.3 Å². The van der Waals surface area contributed by atoms with Gasteiger partial charge < -0.3 is 4.74 Å². The Morgan fingerprint density at radius 1 is 1.26 bits per heavy atom. The minimum Gasteiger partial charge on any atom is -0.461 e. The van der Waals surface area contributed by atoms with Crippen LogP contribution in [0.5, 0.6) is 0 Å². The third-order valence-electron chi connectivity index (χ3n) is 2.61. The summed E-state index contributed by atoms with van der Waals surface area (Å²) in [6.45, 7) is -1.06. The van der Waals surface area contributed by atoms with E-state index in [0.29, 0.717) is 0 Å². The largest absolute Gasteiger partial charge is 0.461 e. The Hall–Kier alpha value is -2.09. The molecule has 0 aliphatic carbocycles. The molecule has 98 valence electrons. The fourth-order valence-corrected chi connectivity index (χ4v) is 1.60. The van der Waals surface area contributed by atoms with Crippen molar-refractivity contribution >= 4 is 5.97 Å². The molecule has 2 heteroatoms. The highest BCUT2D eigenvalue weighted by Crippen LogP contribution is 2.19. The summed E-state index contributed by atoms with van der Waals surface area (Å²) in [5.41, 5.74) is 0.192. The van der Waals surface area contributed by atoms with Crippen LogP contribution in [0.4, 0.5) is 0 Å². The maximum absolute atomic E-state index is 12.2. The standard InChI is InChI=1S/C17H18O2/c1-14(16-10-6-3-7-11-16)12-17(18)19-13-15-8-4-2-5-9-15/h2-11,14H,12-13H2,1H3/t14-/m0/s1/i2D,4D,5D,8D,9D,13D2. The molecule has 2 aromatic carbocycles. The highest BCUT2D eigenvalue weighted by molar-refractivity contribution is 5.70. The maximum Gasteiger partial charge on any atom is 0.306 e. The SMILES string of the molecule is [2H]c1c([2H])c([2H])c(C([2H])([2H])OC(=O)C[C@H](C)c2ccccc2)c([2H])c1[2H]. The predicted octanol–water partition coefficient (Wildman–Crippen LogP) is 3.92. The maximum atomic E-state index is 12.2. The molecule has 19 heavy (non-hydrogen) atoms. The van der Waals surface area contributed by atoms with Gasteiger partial charge in [0.05, 0.1) is 16.0 Å². The third-order valence-corrected chi connectivity index (χ3v) is 2.61. The molecule has 2 nitrogen and oxygen atoms in total. The van der Waals surface area contributed by atoms with Crippen LogP contribution in [0.2, 0.25) is 0 Å². The smallest absolute Gasteiger partial charge is 0.306 e. The molecule has 2 aromatic rings. The minimum atomic E-state index is -2.85. The molecular formula is C17H18O2. The van der Waals surface area contributed by atoms with Crippen molar-refractivity contribution in [2.24, 2.45) is 0 Å². The second-order valence-electron chi connectivity index (χ2n) is 4.09. The van der Waals surface area contributed by atoms with Gasteiger partial charge in [-0.2, -0.15) is 0 Å². The van der Waals surface area contributed by atoms with Crippen molar-refractivity contribution in [3.63, 3.8) is 0 Å². The second-order valence-corrected chi connectivity index (χ2v) is 4.09. The van der Waals surface area contributed by atoms with Crippen LogP contribution < -0.4 is 0 Å². The Kier molecular flexibility index (Phi) is 2.45. The number of benzene rings is 2. The van der Waals surface area contributed by atoms with E-state index in [9.17, 15) is 4.79 Å². The van der Waals surface area contributed by atoms with E-state index in [4.69, 9.17) is 14.3 Å². The van der Waals surface area contributed by atoms with Crippen molar-refractivity contribution in [1.29, 1.82) is 0 Å². The number of carbonyl (C=O) groups is 1. The van der Waals surface area contributed by atoms with Crippen molar-refractivity contribution in [1.82, 2.24) is 0 Å². The average molecular weight is 261 g/mol. The molecule has 0 saturated carbocycles. The van der Waals surface area contributed by atoms with Crippen LogP contribution in [0.3, 0.4) is 0 Å². The van der Waals surface area contributed by atoms with Gasteiger partial charge in [0, 0.05) is 0 Å². The summed E-state index contributed by atoms with van der Waals surface area (Å²) in [7, 11) is 0. The van der Waals surface area contributed by atoms with Crippen molar-refractivity contribution in [2.45, 2.75) is 25.8 Å². The molecule has 2 rings (SSSR count). The van der Waals surface area contributed by atoms with E-state index in [1.807, 2.05) is 30.3 Å². The van der Waals surface area contributed by atoms with Crippen molar-refractivity contribution in [3.05, 3.63) is 71.7 Å². The first-order valence-electron chi connectivity index (χ1n) is 9.40. The van der Waals surface area contributed by atoms with Gasteiger partial charge in [0.2, 0.25) is 0 Å². The Labute approximate surface area is 123 Å². The summed E-state index contributed by atoms with van der Waals surface area (Å²) >= 11 is 0. The van der Waals surface area contributed by atoms with Gasteiger partial charge in [-0.1, -0.05) is 67.5 Å². The molecule has 0 radical (unpaired) electrons. The summed E-state index contributed by atoms with van der Waals surface area (Å²) in [6.07, 6.45) is -0.109. The van der Waals surface area contributed by atoms with Crippen LogP contribution in [-0.4, -0.2) is 5.97 Å². The van der Waals surface area contributed by atoms with E-state index in [2.05, 4.69) is 0 Å². The summed E-state index contributed by atoms with van der Waals surface area (Å²) in [5.74, 6) is -1.09. The monoisotopic (exact) mass is 261 g/mol. The summed E-state index contributed by atoms with van der Waals surface area (Å²) < 4.78 is 59.1. The molecule has 0 aliphatic heterocycles. The second kappa shape index (κ2) is 6.74. The lowest BCUT2D eigenvalue weighted by atomic mass is 9.98. The number of esters is 1. The first kappa shape index (κ1) is 6.90. The van der Waals surface area contributed by atoms with Crippen molar-refractivity contribution < 1.29 is 19.1 Å². The molecule has 0 amide bonds. The number of hydrogen-bond acceptors (Lipinski definition) is 2. The molecule has 1 atom stereocenters. The van der Waals surface area contributed by atoms with E-state index >= 15 is 0 Å². The Bertz CT molecular complexity index is 793. The lowest BCUT2D eigenvalue weighted by Crippen LogP contribution is -2.08. The molecule has 0 bridgehead atoms. The van der Waals surface area contributed by atoms with Gasteiger partial charge in [0.15, 0.2) is 0 Å². The zero-order chi connectivity index (χ0) is 19.6. The van der Waals surface area contributed by atoms with Crippen LogP contribution in [0.25, 0.3) is 0 Å². The van der Waals surface area contributed by atoms with Crippen LogP contribution in [0.15, 0.2) is 60.5 Å². The predicted molar refractivity (Wildman–Crippen MR) is 75.7 cm³/mol. The van der Waals surface area contributed by atoms with Crippen LogP contribution in [0.1, 0.15) is 40.0 Å². The molecule has 0 aromatic heterocycles. The topological polar surface area (TPSA) is 26.3 Å². The van der Waals surface area contributed by atoms with Crippen LogP contribution >= 0.6 is 0 Å². The normalized spacial score (nSPS) is 17.8. The molecule has 0 N–H and O–H groups in total. The van der Waals surface area contributed by atoms with Crippen molar-refractivity contribution in [2.75, 3.05) is 0 Å². The number of hydrogen-bond donors (Lipinski definition) is 0. The Morgan fingerprint density at radius 2 is 1.95 bits per heavy atom. The number of ether oxygens (including phenoxy) is 1. The fraction of sp³-hybridized carbons (Fsp3) is 0.235. The summed E-state index contributed by atoms with van der Waals surface area (Å²) in [4.78, 5) is 12.2. The molecule has 0 saturated heterocycles. The first-order valence-corrected chi connectivity index (χ1v) is 5.90. The zero-order valence-electron chi connectivity index (χ0n) is 17.5. The average Bonchev–Trinajstić information content (AvgIpc) is 2.58. The Balaban J connectivity index is 2.25. The first-order chi connectivity index (χ1) is 12.1. The van der Waals surface area contributed by atoms with E-state index in [1.165, 1.54) is 0 Å². The number of carbonyl (C=O) groups excluding carboxylic acids is 1. The van der Waals surface area contributed by atoms with Gasteiger partial charge >= 0.3 is 5.97 Å². The quantitative estimate of drug-likeness (QED) is 0.762. The van der Waals surface area contributed by atoms with E-state index < -0.39 is 48.3 Å². The van der Waals surface area contributed by atoms with Gasteiger partial charge in [0.25, 0.3) is 0 Å². The summed E-state index contributed by atoms with van der Waals surface area (Å²) in [6, 6.07) is 5.69. The summed E-state index contributed by atoms with van der Waals surface area (Å²) in [5, 5.41) is 0. The molecule has 0 aliphatic rings. The number of rotatable bonds is 5. The molecule has 0 spiro atoms. The highest BCUT2D eigenvalue weighted by Gasteiger charge is 2.12. The van der Waals surface area contributed by atoms with Crippen LogP contribution in [-0.2, 0) is 16.1 Å². The van der Waals surface area contributed by atoms with Gasteiger partial charge in [-0.25, -0.2) is 0 Å². The highest BCUT2D eigenvalue weighted by atomic mass is 16.5. The lowest BCUT2D eigenvalue weighted by Gasteiger charge is -2.11. The van der Waals surface area contributed by atoms with Gasteiger partial charge in [0.1, 0.15) is 6.56 Å². The Morgan fingerprint density at radius 3 is 2.63 bits per heavy atom. The van der Waals surface area contributed by atoms with Gasteiger partial charge in [-0.05, 0) is 17.0 Å². The molecule has 0 heterocycles. The van der Waals surface area contributed by atoms with Crippen LogP contribution in [0, 0.1) is 0 Å². The third kappa shape index (κ3) is 4.25. The van der Waals surface area contributed by atoms with Gasteiger partial charge in [-0.15, -0.1) is 0 Å². The minimum absolute atomic E-state index is 0.109. The van der Waals surface area contributed by atoms with Crippen molar-refractivity contribution in [3.8, 4) is 0 Å². The van der Waals surface area contributed by atoms with Gasteiger partial charge in [-0.3, -0.25) is 4.79 Å². The lowest BCUT2D eigenvalue weighted by molar-refractivity contribution is -0.145. The molecule has 0 unspecified atom stereocenters. The van der Waals surface area contributed by atoms with E-state index in [0.717, 1.165) is 5.56 Å². The zero-order valence-corrected chi connectivity index (χ0v) is 10.5. The van der Waals surface area contributed by atoms with E-state index in [1.54, 1.807) is 6.92 Å². The molecule has 0 fully saturated rings. The fourth-order valence-electron chi connectivity index (χ4n) is 1.60.